The monoisotopic (exact) mass is 172 g/mol. The number of ether oxygens (including phenoxy) is 1. The van der Waals surface area contributed by atoms with E-state index in [4.69, 9.17) is 4.74 Å². The molecule has 0 aromatic rings. The first-order valence-corrected chi connectivity index (χ1v) is 4.31. The van der Waals surface area contributed by atoms with Crippen molar-refractivity contribution in [1.82, 2.24) is 10.2 Å². The lowest BCUT2D eigenvalue weighted by Gasteiger charge is -2.26. The van der Waals surface area contributed by atoms with Crippen molar-refractivity contribution in [2.24, 2.45) is 0 Å². The third kappa shape index (κ3) is 3.19. The highest BCUT2D eigenvalue weighted by molar-refractivity contribution is 5.78. The summed E-state index contributed by atoms with van der Waals surface area (Å²) in [4.78, 5) is 13.1. The Labute approximate surface area is 72.9 Å². The third-order valence-corrected chi connectivity index (χ3v) is 1.94. The number of amides is 1. The molecule has 1 saturated heterocycles. The fourth-order valence-electron chi connectivity index (χ4n) is 1.31. The maximum Gasteiger partial charge on any atom is 0.234 e. The lowest BCUT2D eigenvalue weighted by molar-refractivity contribution is -0.124. The summed E-state index contributed by atoms with van der Waals surface area (Å²) >= 11 is 0. The molecule has 1 aliphatic heterocycles. The van der Waals surface area contributed by atoms with Crippen LogP contribution in [0.1, 0.15) is 6.42 Å². The summed E-state index contributed by atoms with van der Waals surface area (Å²) in [7, 11) is 1.70. The molecule has 0 aromatic carbocycles. The zero-order chi connectivity index (χ0) is 8.81. The van der Waals surface area contributed by atoms with E-state index in [0.29, 0.717) is 6.54 Å². The maximum absolute atomic E-state index is 10.9. The highest BCUT2D eigenvalue weighted by Gasteiger charge is 2.14. The first kappa shape index (κ1) is 9.48. The van der Waals surface area contributed by atoms with Crippen molar-refractivity contribution in [1.29, 1.82) is 0 Å². The second-order valence-electron chi connectivity index (χ2n) is 2.97. The first-order valence-electron chi connectivity index (χ1n) is 4.31. The Bertz CT molecular complexity index is 150. The van der Waals surface area contributed by atoms with Crippen LogP contribution >= 0.6 is 0 Å². The molecule has 12 heavy (non-hydrogen) atoms. The van der Waals surface area contributed by atoms with Gasteiger partial charge in [0.2, 0.25) is 5.91 Å². The Hall–Kier alpha value is -0.610. The number of hydrogen-bond donors (Lipinski definition) is 1. The molecule has 70 valence electrons. The Morgan fingerprint density at radius 2 is 2.50 bits per heavy atom. The van der Waals surface area contributed by atoms with Crippen molar-refractivity contribution < 1.29 is 9.53 Å². The molecular weight excluding hydrogens is 156 g/mol. The molecular formula is C8H16N2O2. The standard InChI is InChI=1S/C8H16N2O2/c1-12-6-2-4-10-5-3-9-8(11)7-10/h2-7H2,1H3,(H,9,11). The number of carbonyl (C=O) groups is 1. The predicted molar refractivity (Wildman–Crippen MR) is 45.9 cm³/mol. The Morgan fingerprint density at radius 3 is 3.17 bits per heavy atom. The van der Waals surface area contributed by atoms with Gasteiger partial charge in [0, 0.05) is 33.4 Å². The molecule has 0 spiro atoms. The van der Waals surface area contributed by atoms with Crippen LogP contribution in [0.25, 0.3) is 0 Å². The highest BCUT2D eigenvalue weighted by atomic mass is 16.5. The molecule has 0 radical (unpaired) electrons. The van der Waals surface area contributed by atoms with Gasteiger partial charge in [0.1, 0.15) is 0 Å². The first-order chi connectivity index (χ1) is 5.83. The zero-order valence-electron chi connectivity index (χ0n) is 7.51. The summed E-state index contributed by atoms with van der Waals surface area (Å²) in [5.41, 5.74) is 0. The SMILES string of the molecule is COCCCN1CCNC(=O)C1. The fourth-order valence-corrected chi connectivity index (χ4v) is 1.31. The van der Waals surface area contributed by atoms with Gasteiger partial charge in [-0.25, -0.2) is 0 Å². The molecule has 1 amide bonds. The average Bonchev–Trinajstić information content (AvgIpc) is 2.05. The van der Waals surface area contributed by atoms with Crippen molar-refractivity contribution in [3.05, 3.63) is 0 Å². The Kier molecular flexibility index (Phi) is 4.04. The van der Waals surface area contributed by atoms with Crippen LogP contribution in [0.3, 0.4) is 0 Å². The van der Waals surface area contributed by atoms with Gasteiger partial charge in [0.05, 0.1) is 6.54 Å². The summed E-state index contributed by atoms with van der Waals surface area (Å²) in [6, 6.07) is 0. The predicted octanol–water partition coefficient (Wildman–Crippen LogP) is -0.545. The van der Waals surface area contributed by atoms with Gasteiger partial charge in [-0.3, -0.25) is 9.69 Å². The number of nitrogens with one attached hydrogen (secondary N) is 1. The molecule has 4 heteroatoms. The summed E-state index contributed by atoms with van der Waals surface area (Å²) in [6.45, 7) is 4.03. The van der Waals surface area contributed by atoms with Crippen molar-refractivity contribution >= 4 is 5.91 Å². The molecule has 1 aliphatic rings. The molecule has 4 nitrogen and oxygen atoms in total. The van der Waals surface area contributed by atoms with E-state index in [1.807, 2.05) is 0 Å². The maximum atomic E-state index is 10.9. The topological polar surface area (TPSA) is 41.6 Å². The second kappa shape index (κ2) is 5.11. The Balaban J connectivity index is 2.10. The molecule has 0 aromatic heterocycles. The molecule has 0 bridgehead atoms. The molecule has 0 unspecified atom stereocenters. The van der Waals surface area contributed by atoms with E-state index in [1.165, 1.54) is 0 Å². The molecule has 0 aliphatic carbocycles. The van der Waals surface area contributed by atoms with Gasteiger partial charge >= 0.3 is 0 Å². The van der Waals surface area contributed by atoms with E-state index >= 15 is 0 Å². The molecule has 1 N–H and O–H groups in total. The van der Waals surface area contributed by atoms with Crippen LogP contribution in [0.5, 0.6) is 0 Å². The smallest absolute Gasteiger partial charge is 0.234 e. The van der Waals surface area contributed by atoms with Gasteiger partial charge in [-0.1, -0.05) is 0 Å². The van der Waals surface area contributed by atoms with Crippen LogP contribution in [-0.4, -0.2) is 50.7 Å². The van der Waals surface area contributed by atoms with E-state index < -0.39 is 0 Å². The van der Waals surface area contributed by atoms with E-state index in [2.05, 4.69) is 10.2 Å². The number of piperazine rings is 1. The number of methoxy groups -OCH3 is 1. The number of rotatable bonds is 4. The lowest BCUT2D eigenvalue weighted by atomic mass is 10.3. The van der Waals surface area contributed by atoms with E-state index in [0.717, 1.165) is 32.7 Å². The minimum atomic E-state index is 0.138. The van der Waals surface area contributed by atoms with Crippen LogP contribution in [0.15, 0.2) is 0 Å². The fraction of sp³-hybridized carbons (Fsp3) is 0.875. The van der Waals surface area contributed by atoms with Crippen molar-refractivity contribution in [3.8, 4) is 0 Å². The minimum Gasteiger partial charge on any atom is -0.385 e. The van der Waals surface area contributed by atoms with Crippen molar-refractivity contribution in [2.75, 3.05) is 39.9 Å². The van der Waals surface area contributed by atoms with Crippen molar-refractivity contribution in [2.45, 2.75) is 6.42 Å². The van der Waals surface area contributed by atoms with E-state index in [-0.39, 0.29) is 5.91 Å². The normalized spacial score (nSPS) is 19.2. The minimum absolute atomic E-state index is 0.138. The van der Waals surface area contributed by atoms with Gasteiger partial charge in [-0.2, -0.15) is 0 Å². The van der Waals surface area contributed by atoms with Crippen LogP contribution in [0.4, 0.5) is 0 Å². The molecule has 0 atom stereocenters. The van der Waals surface area contributed by atoms with Gasteiger partial charge in [0.15, 0.2) is 0 Å². The summed E-state index contributed by atoms with van der Waals surface area (Å²) in [5.74, 6) is 0.138. The highest BCUT2D eigenvalue weighted by Crippen LogP contribution is 1.94. The molecule has 1 heterocycles. The second-order valence-corrected chi connectivity index (χ2v) is 2.97. The van der Waals surface area contributed by atoms with Gasteiger partial charge in [-0.05, 0) is 6.42 Å². The molecule has 1 rings (SSSR count). The Morgan fingerprint density at radius 1 is 1.67 bits per heavy atom. The molecule has 0 saturated carbocycles. The number of hydrogen-bond acceptors (Lipinski definition) is 3. The van der Waals surface area contributed by atoms with Gasteiger partial charge in [0.25, 0.3) is 0 Å². The largest absolute Gasteiger partial charge is 0.385 e. The number of carbonyl (C=O) groups excluding carboxylic acids is 1. The van der Waals surface area contributed by atoms with Crippen molar-refractivity contribution in [3.63, 3.8) is 0 Å². The van der Waals surface area contributed by atoms with Gasteiger partial charge < -0.3 is 10.1 Å². The van der Waals surface area contributed by atoms with E-state index in [1.54, 1.807) is 7.11 Å². The lowest BCUT2D eigenvalue weighted by Crippen LogP contribution is -2.47. The molecule has 1 fully saturated rings. The zero-order valence-corrected chi connectivity index (χ0v) is 7.51. The quantitative estimate of drug-likeness (QED) is 0.579. The third-order valence-electron chi connectivity index (χ3n) is 1.94. The van der Waals surface area contributed by atoms with Gasteiger partial charge in [-0.15, -0.1) is 0 Å². The summed E-state index contributed by atoms with van der Waals surface area (Å²) in [6.07, 6.45) is 1.00. The average molecular weight is 172 g/mol. The summed E-state index contributed by atoms with van der Waals surface area (Å²) < 4.78 is 4.93. The van der Waals surface area contributed by atoms with Crippen LogP contribution in [0, 0.1) is 0 Å². The van der Waals surface area contributed by atoms with Crippen LogP contribution in [-0.2, 0) is 9.53 Å². The van der Waals surface area contributed by atoms with E-state index in [9.17, 15) is 4.79 Å². The number of nitrogens with zero attached hydrogens (tertiary/aromatic N) is 1. The van der Waals surface area contributed by atoms with Crippen LogP contribution < -0.4 is 5.32 Å². The van der Waals surface area contributed by atoms with Crippen LogP contribution in [0.2, 0.25) is 0 Å². The summed E-state index contributed by atoms with van der Waals surface area (Å²) in [5, 5.41) is 2.79.